The minimum atomic E-state index is 0.194. The lowest BCUT2D eigenvalue weighted by Crippen LogP contribution is -2.42. The summed E-state index contributed by atoms with van der Waals surface area (Å²) in [5, 5.41) is 3.61. The second-order valence-electron chi connectivity index (χ2n) is 7.44. The highest BCUT2D eigenvalue weighted by molar-refractivity contribution is 5.29. The van der Waals surface area contributed by atoms with Crippen molar-refractivity contribution in [3.05, 3.63) is 34.9 Å². The van der Waals surface area contributed by atoms with Gasteiger partial charge < -0.3 is 5.32 Å². The summed E-state index contributed by atoms with van der Waals surface area (Å²) < 4.78 is 0. The molecule has 0 unspecified atom stereocenters. The van der Waals surface area contributed by atoms with Gasteiger partial charge in [-0.1, -0.05) is 43.2 Å². The van der Waals surface area contributed by atoms with Crippen molar-refractivity contribution in [3.63, 3.8) is 0 Å². The van der Waals surface area contributed by atoms with Gasteiger partial charge in [0.05, 0.1) is 0 Å². The second-order valence-corrected chi connectivity index (χ2v) is 7.44. The van der Waals surface area contributed by atoms with Crippen molar-refractivity contribution in [1.29, 1.82) is 0 Å². The lowest BCUT2D eigenvalue weighted by molar-refractivity contribution is 0.289. The lowest BCUT2D eigenvalue weighted by atomic mass is 9.84. The predicted molar refractivity (Wildman–Crippen MR) is 81.2 cm³/mol. The third-order valence-corrected chi connectivity index (χ3v) is 3.06. The maximum Gasteiger partial charge on any atom is 0.00967 e. The molecule has 1 heteroatoms. The van der Waals surface area contributed by atoms with E-state index in [1.54, 1.807) is 0 Å². The summed E-state index contributed by atoms with van der Waals surface area (Å²) in [4.78, 5) is 0. The van der Waals surface area contributed by atoms with Crippen molar-refractivity contribution in [2.45, 2.75) is 60.4 Å². The van der Waals surface area contributed by atoms with Gasteiger partial charge in [0.2, 0.25) is 0 Å². The smallest absolute Gasteiger partial charge is 0.00967 e. The van der Waals surface area contributed by atoms with Gasteiger partial charge in [0, 0.05) is 12.1 Å². The van der Waals surface area contributed by atoms with Crippen LogP contribution in [0.1, 0.15) is 51.3 Å². The lowest BCUT2D eigenvalue weighted by Gasteiger charge is -2.30. The fourth-order valence-corrected chi connectivity index (χ4v) is 2.29. The molecule has 0 heterocycles. The fraction of sp³-hybridized carbons (Fsp3) is 0.647. The zero-order chi connectivity index (χ0) is 14.0. The van der Waals surface area contributed by atoms with Gasteiger partial charge in [-0.3, -0.25) is 0 Å². The standard InChI is InChI=1S/C17H29N/c1-13-8-14(2)10-15(9-13)11-17(6,7)12-18-16(3,4)5/h8-10,18H,11-12H2,1-7H3. The van der Waals surface area contributed by atoms with Crippen molar-refractivity contribution >= 4 is 0 Å². The Hall–Kier alpha value is -0.820. The Morgan fingerprint density at radius 2 is 1.39 bits per heavy atom. The molecule has 0 fully saturated rings. The number of nitrogens with one attached hydrogen (secondary N) is 1. The molecule has 102 valence electrons. The van der Waals surface area contributed by atoms with Crippen LogP contribution in [0, 0.1) is 19.3 Å². The minimum Gasteiger partial charge on any atom is -0.312 e. The van der Waals surface area contributed by atoms with Crippen molar-refractivity contribution < 1.29 is 0 Å². The monoisotopic (exact) mass is 247 g/mol. The second kappa shape index (κ2) is 5.44. The third-order valence-electron chi connectivity index (χ3n) is 3.06. The molecule has 0 amide bonds. The van der Waals surface area contributed by atoms with Crippen LogP contribution in [0.5, 0.6) is 0 Å². The first kappa shape index (κ1) is 15.2. The van der Waals surface area contributed by atoms with E-state index in [2.05, 4.69) is 72.0 Å². The number of hydrogen-bond acceptors (Lipinski definition) is 1. The maximum absolute atomic E-state index is 3.61. The minimum absolute atomic E-state index is 0.194. The zero-order valence-corrected chi connectivity index (χ0v) is 13.1. The van der Waals surface area contributed by atoms with E-state index in [9.17, 15) is 0 Å². The summed E-state index contributed by atoms with van der Waals surface area (Å²) in [5.41, 5.74) is 4.66. The molecule has 1 N–H and O–H groups in total. The number of aryl methyl sites for hydroxylation is 2. The molecule has 0 radical (unpaired) electrons. The van der Waals surface area contributed by atoms with Gasteiger partial charge in [-0.05, 0) is 52.0 Å². The van der Waals surface area contributed by atoms with Gasteiger partial charge in [-0.25, -0.2) is 0 Å². The van der Waals surface area contributed by atoms with E-state index in [1.807, 2.05) is 0 Å². The van der Waals surface area contributed by atoms with Crippen molar-refractivity contribution in [1.82, 2.24) is 5.32 Å². The zero-order valence-electron chi connectivity index (χ0n) is 13.1. The molecule has 1 rings (SSSR count). The van der Waals surface area contributed by atoms with Crippen molar-refractivity contribution in [2.24, 2.45) is 5.41 Å². The van der Waals surface area contributed by atoms with Gasteiger partial charge in [0.25, 0.3) is 0 Å². The van der Waals surface area contributed by atoms with Gasteiger partial charge in [-0.2, -0.15) is 0 Å². The molecule has 1 aromatic carbocycles. The fourth-order valence-electron chi connectivity index (χ4n) is 2.29. The molecule has 0 aliphatic rings. The molecule has 18 heavy (non-hydrogen) atoms. The van der Waals surface area contributed by atoms with E-state index in [1.165, 1.54) is 16.7 Å². The average molecular weight is 247 g/mol. The first-order valence-electron chi connectivity index (χ1n) is 6.90. The number of benzene rings is 1. The highest BCUT2D eigenvalue weighted by Gasteiger charge is 2.21. The SMILES string of the molecule is Cc1cc(C)cc(CC(C)(C)CNC(C)(C)C)c1. The van der Waals surface area contributed by atoms with Gasteiger partial charge in [0.15, 0.2) is 0 Å². The molecule has 0 aliphatic carbocycles. The van der Waals surface area contributed by atoms with Gasteiger partial charge in [-0.15, -0.1) is 0 Å². The first-order chi connectivity index (χ1) is 8.07. The van der Waals surface area contributed by atoms with E-state index in [4.69, 9.17) is 0 Å². The van der Waals surface area contributed by atoms with E-state index in [0.29, 0.717) is 0 Å². The summed E-state index contributed by atoms with van der Waals surface area (Å²) in [6, 6.07) is 6.86. The molecule has 0 saturated heterocycles. The summed E-state index contributed by atoms with van der Waals surface area (Å²) in [5.74, 6) is 0. The van der Waals surface area contributed by atoms with Crippen LogP contribution in [0.25, 0.3) is 0 Å². The van der Waals surface area contributed by atoms with E-state index < -0.39 is 0 Å². The van der Waals surface area contributed by atoms with Crippen LogP contribution in [0.15, 0.2) is 18.2 Å². The molecule has 1 aromatic rings. The summed E-state index contributed by atoms with van der Waals surface area (Å²) in [6.07, 6.45) is 1.12. The molecule has 0 aliphatic heterocycles. The molecule has 0 bridgehead atoms. The normalized spacial score (nSPS) is 12.8. The van der Waals surface area contributed by atoms with E-state index >= 15 is 0 Å². The highest BCUT2D eigenvalue weighted by atomic mass is 14.9. The summed E-state index contributed by atoms with van der Waals surface area (Å²) in [6.45, 7) is 16.7. The quantitative estimate of drug-likeness (QED) is 0.838. The van der Waals surface area contributed by atoms with Crippen LogP contribution in [-0.2, 0) is 6.42 Å². The number of rotatable bonds is 4. The van der Waals surface area contributed by atoms with Crippen molar-refractivity contribution in [2.75, 3.05) is 6.54 Å². The molecular formula is C17H29N. The largest absolute Gasteiger partial charge is 0.312 e. The van der Waals surface area contributed by atoms with Crippen LogP contribution >= 0.6 is 0 Å². The molecule has 0 spiro atoms. The molecule has 0 aromatic heterocycles. The first-order valence-corrected chi connectivity index (χ1v) is 6.90. The predicted octanol–water partition coefficient (Wildman–Crippen LogP) is 4.26. The van der Waals surface area contributed by atoms with Crippen LogP contribution in [0.2, 0.25) is 0 Å². The Bertz CT molecular complexity index is 376. The van der Waals surface area contributed by atoms with Crippen LogP contribution < -0.4 is 5.32 Å². The topological polar surface area (TPSA) is 12.0 Å². The number of hydrogen-bond donors (Lipinski definition) is 1. The van der Waals surface area contributed by atoms with Gasteiger partial charge >= 0.3 is 0 Å². The van der Waals surface area contributed by atoms with Crippen LogP contribution in [-0.4, -0.2) is 12.1 Å². The molecule has 0 saturated carbocycles. The van der Waals surface area contributed by atoms with E-state index in [0.717, 1.165) is 13.0 Å². The average Bonchev–Trinajstić information content (AvgIpc) is 2.11. The summed E-state index contributed by atoms with van der Waals surface area (Å²) in [7, 11) is 0. The van der Waals surface area contributed by atoms with Crippen molar-refractivity contribution in [3.8, 4) is 0 Å². The Balaban J connectivity index is 2.69. The maximum atomic E-state index is 3.61. The highest BCUT2D eigenvalue weighted by Crippen LogP contribution is 2.23. The summed E-state index contributed by atoms with van der Waals surface area (Å²) >= 11 is 0. The van der Waals surface area contributed by atoms with Crippen LogP contribution in [0.3, 0.4) is 0 Å². The Kier molecular flexibility index (Phi) is 4.61. The van der Waals surface area contributed by atoms with Crippen LogP contribution in [0.4, 0.5) is 0 Å². The molecular weight excluding hydrogens is 218 g/mol. The van der Waals surface area contributed by atoms with E-state index in [-0.39, 0.29) is 11.0 Å². The molecule has 0 atom stereocenters. The van der Waals surface area contributed by atoms with Gasteiger partial charge in [0.1, 0.15) is 0 Å². The Morgan fingerprint density at radius 1 is 0.889 bits per heavy atom. The Labute approximate surface area is 113 Å². The third kappa shape index (κ3) is 5.68. The molecule has 1 nitrogen and oxygen atoms in total. The Morgan fingerprint density at radius 3 is 1.83 bits per heavy atom.